The van der Waals surface area contributed by atoms with Gasteiger partial charge in [-0.3, -0.25) is 4.79 Å². The molecule has 6 nitrogen and oxygen atoms in total. The van der Waals surface area contributed by atoms with Crippen molar-refractivity contribution in [2.75, 3.05) is 11.9 Å². The fourth-order valence-electron chi connectivity index (χ4n) is 3.05. The smallest absolute Gasteiger partial charge is 0.240 e. The summed E-state index contributed by atoms with van der Waals surface area (Å²) in [6.45, 7) is 0.381. The number of nitrogens with zero attached hydrogens (tertiary/aromatic N) is 1. The normalized spacial score (nSPS) is 20.7. The van der Waals surface area contributed by atoms with E-state index in [0.717, 1.165) is 25.7 Å². The lowest BCUT2D eigenvalue weighted by Crippen LogP contribution is -2.33. The molecule has 1 aromatic heterocycles. The lowest BCUT2D eigenvalue weighted by atomic mass is 9.81. The van der Waals surface area contributed by atoms with E-state index in [2.05, 4.69) is 15.0 Å². The maximum absolute atomic E-state index is 12.3. The number of amides is 1. The summed E-state index contributed by atoms with van der Waals surface area (Å²) in [7, 11) is -3.54. The monoisotopic (exact) mass is 413 g/mol. The summed E-state index contributed by atoms with van der Waals surface area (Å²) in [6, 6.07) is 6.10. The molecular formula is C17H20ClN3O3S2. The molecule has 0 aliphatic heterocycles. The molecule has 1 aromatic carbocycles. The first-order chi connectivity index (χ1) is 12.4. The highest BCUT2D eigenvalue weighted by atomic mass is 35.5. The molecule has 140 valence electrons. The first kappa shape index (κ1) is 19.3. The third-order valence-electron chi connectivity index (χ3n) is 4.57. The minimum absolute atomic E-state index is 0.000134. The number of rotatable bonds is 6. The van der Waals surface area contributed by atoms with Crippen LogP contribution in [0, 0.1) is 11.8 Å². The average Bonchev–Trinajstić information content (AvgIpc) is 3.14. The predicted octanol–water partition coefficient (Wildman–Crippen LogP) is 3.52. The lowest BCUT2D eigenvalue weighted by molar-refractivity contribution is -0.121. The number of carbonyl (C=O) groups excluding carboxylic acids is 1. The number of hydrogen-bond donors (Lipinski definition) is 2. The molecule has 1 saturated carbocycles. The van der Waals surface area contributed by atoms with Gasteiger partial charge in [-0.1, -0.05) is 11.6 Å². The van der Waals surface area contributed by atoms with Crippen LogP contribution < -0.4 is 10.0 Å². The average molecular weight is 414 g/mol. The zero-order valence-corrected chi connectivity index (χ0v) is 16.4. The largest absolute Gasteiger partial charge is 0.302 e. The van der Waals surface area contributed by atoms with Crippen molar-refractivity contribution in [3.63, 3.8) is 0 Å². The third kappa shape index (κ3) is 5.03. The number of nitrogens with one attached hydrogen (secondary N) is 2. The van der Waals surface area contributed by atoms with E-state index in [9.17, 15) is 13.2 Å². The molecule has 1 heterocycles. The highest BCUT2D eigenvalue weighted by molar-refractivity contribution is 7.89. The highest BCUT2D eigenvalue weighted by Crippen LogP contribution is 2.30. The molecule has 0 saturated heterocycles. The molecule has 0 unspecified atom stereocenters. The van der Waals surface area contributed by atoms with E-state index in [1.807, 2.05) is 5.38 Å². The van der Waals surface area contributed by atoms with Crippen LogP contribution in [-0.4, -0.2) is 25.9 Å². The van der Waals surface area contributed by atoms with Gasteiger partial charge < -0.3 is 5.32 Å². The van der Waals surface area contributed by atoms with Gasteiger partial charge in [-0.2, -0.15) is 0 Å². The number of halogens is 1. The van der Waals surface area contributed by atoms with Crippen LogP contribution in [-0.2, 0) is 14.8 Å². The Labute approximate surface area is 162 Å². The predicted molar refractivity (Wildman–Crippen MR) is 103 cm³/mol. The zero-order valence-electron chi connectivity index (χ0n) is 14.0. The van der Waals surface area contributed by atoms with Crippen LogP contribution in [0.15, 0.2) is 40.7 Å². The number of aromatic nitrogens is 1. The van der Waals surface area contributed by atoms with Crippen molar-refractivity contribution >= 4 is 44.0 Å². The lowest BCUT2D eigenvalue weighted by Gasteiger charge is -2.27. The van der Waals surface area contributed by atoms with E-state index in [0.29, 0.717) is 16.7 Å². The molecule has 1 aliphatic carbocycles. The van der Waals surface area contributed by atoms with Crippen LogP contribution in [0.5, 0.6) is 0 Å². The quantitative estimate of drug-likeness (QED) is 0.758. The zero-order chi connectivity index (χ0) is 18.6. The van der Waals surface area contributed by atoms with Crippen molar-refractivity contribution in [3.8, 4) is 0 Å². The highest BCUT2D eigenvalue weighted by Gasteiger charge is 2.27. The summed E-state index contributed by atoms with van der Waals surface area (Å²) in [6.07, 6.45) is 4.80. The van der Waals surface area contributed by atoms with Crippen molar-refractivity contribution in [3.05, 3.63) is 40.9 Å². The van der Waals surface area contributed by atoms with Gasteiger partial charge in [0.05, 0.1) is 4.90 Å². The summed E-state index contributed by atoms with van der Waals surface area (Å²) < 4.78 is 27.3. The Morgan fingerprint density at radius 3 is 2.50 bits per heavy atom. The number of carbonyl (C=O) groups is 1. The Hall–Kier alpha value is -1.48. The molecule has 1 amide bonds. The topological polar surface area (TPSA) is 88.2 Å². The van der Waals surface area contributed by atoms with Crippen molar-refractivity contribution in [2.45, 2.75) is 30.6 Å². The molecular weight excluding hydrogens is 394 g/mol. The molecule has 0 bridgehead atoms. The van der Waals surface area contributed by atoms with Crippen LogP contribution in [0.2, 0.25) is 5.02 Å². The van der Waals surface area contributed by atoms with Gasteiger partial charge in [0.25, 0.3) is 0 Å². The van der Waals surface area contributed by atoms with Crippen molar-refractivity contribution < 1.29 is 13.2 Å². The van der Waals surface area contributed by atoms with Gasteiger partial charge in [0.2, 0.25) is 15.9 Å². The summed E-state index contributed by atoms with van der Waals surface area (Å²) in [4.78, 5) is 16.5. The fraction of sp³-hybridized carbons (Fsp3) is 0.412. The molecule has 1 fully saturated rings. The Bertz CT molecular complexity index is 831. The fourth-order valence-corrected chi connectivity index (χ4v) is 4.82. The van der Waals surface area contributed by atoms with E-state index < -0.39 is 10.0 Å². The second-order valence-electron chi connectivity index (χ2n) is 6.35. The number of sulfonamides is 1. The van der Waals surface area contributed by atoms with Crippen LogP contribution >= 0.6 is 22.9 Å². The molecule has 2 aromatic rings. The molecule has 0 atom stereocenters. The molecule has 3 rings (SSSR count). The molecule has 2 N–H and O–H groups in total. The molecule has 0 spiro atoms. The van der Waals surface area contributed by atoms with Gasteiger partial charge in [-0.25, -0.2) is 18.1 Å². The van der Waals surface area contributed by atoms with E-state index in [-0.39, 0.29) is 22.6 Å². The first-order valence-electron chi connectivity index (χ1n) is 8.39. The Morgan fingerprint density at radius 1 is 1.19 bits per heavy atom. The van der Waals surface area contributed by atoms with Gasteiger partial charge >= 0.3 is 0 Å². The van der Waals surface area contributed by atoms with Crippen molar-refractivity contribution in [1.82, 2.24) is 9.71 Å². The van der Waals surface area contributed by atoms with Crippen molar-refractivity contribution in [1.29, 1.82) is 0 Å². The third-order valence-corrected chi connectivity index (χ3v) is 6.95. The van der Waals surface area contributed by atoms with Crippen LogP contribution in [0.3, 0.4) is 0 Å². The van der Waals surface area contributed by atoms with Gasteiger partial charge in [0.15, 0.2) is 5.13 Å². The van der Waals surface area contributed by atoms with E-state index in [4.69, 9.17) is 11.6 Å². The number of hydrogen-bond acceptors (Lipinski definition) is 5. The van der Waals surface area contributed by atoms with Crippen LogP contribution in [0.4, 0.5) is 5.13 Å². The summed E-state index contributed by atoms with van der Waals surface area (Å²) >= 11 is 7.19. The van der Waals surface area contributed by atoms with E-state index in [1.165, 1.54) is 23.5 Å². The maximum atomic E-state index is 12.3. The minimum Gasteiger partial charge on any atom is -0.302 e. The number of thiazole rings is 1. The van der Waals surface area contributed by atoms with E-state index >= 15 is 0 Å². The second kappa shape index (κ2) is 8.47. The summed E-state index contributed by atoms with van der Waals surface area (Å²) in [5, 5.41) is 5.77. The Morgan fingerprint density at radius 2 is 1.88 bits per heavy atom. The van der Waals surface area contributed by atoms with Crippen molar-refractivity contribution in [2.24, 2.45) is 11.8 Å². The van der Waals surface area contributed by atoms with Crippen LogP contribution in [0.1, 0.15) is 25.7 Å². The first-order valence-corrected chi connectivity index (χ1v) is 11.1. The molecule has 1 aliphatic rings. The second-order valence-corrected chi connectivity index (χ2v) is 9.45. The maximum Gasteiger partial charge on any atom is 0.240 e. The summed E-state index contributed by atoms with van der Waals surface area (Å²) in [5.41, 5.74) is 0. The van der Waals surface area contributed by atoms with Gasteiger partial charge in [0.1, 0.15) is 0 Å². The standard InChI is InChI=1S/C17H20ClN3O3S2/c18-14-5-7-15(8-6-14)26(23,24)20-11-12-1-3-13(4-2-12)16(22)21-17-19-9-10-25-17/h5-10,12-13,20H,1-4,11H2,(H,19,21,22). The Kier molecular flexibility index (Phi) is 6.29. The SMILES string of the molecule is O=C(Nc1nccs1)C1CCC(CNS(=O)(=O)c2ccc(Cl)cc2)CC1. The van der Waals surface area contributed by atoms with Gasteiger partial charge in [-0.05, 0) is 55.9 Å². The number of benzene rings is 1. The molecule has 9 heteroatoms. The number of anilines is 1. The van der Waals surface area contributed by atoms with Gasteiger partial charge in [-0.15, -0.1) is 11.3 Å². The molecule has 0 radical (unpaired) electrons. The minimum atomic E-state index is -3.54. The Balaban J connectivity index is 1.46. The van der Waals surface area contributed by atoms with Gasteiger partial charge in [0, 0.05) is 29.1 Å². The van der Waals surface area contributed by atoms with E-state index in [1.54, 1.807) is 18.3 Å². The molecule has 26 heavy (non-hydrogen) atoms. The van der Waals surface area contributed by atoms with Crippen LogP contribution in [0.25, 0.3) is 0 Å². The summed E-state index contributed by atoms with van der Waals surface area (Å²) in [5.74, 6) is 0.198.